The SMILES string of the molecule is O=C(NCCCN1CCN(c2ccc(F)cc2)CC1)C(=O)Nc1cc(F)ccc1F. The number of nitrogens with zero attached hydrogens (tertiary/aromatic N) is 2. The van der Waals surface area contributed by atoms with Crippen molar-refractivity contribution in [2.45, 2.75) is 6.42 Å². The number of halogens is 3. The van der Waals surface area contributed by atoms with Crippen LogP contribution in [0.5, 0.6) is 0 Å². The van der Waals surface area contributed by atoms with Gasteiger partial charge in [-0.15, -0.1) is 0 Å². The summed E-state index contributed by atoms with van der Waals surface area (Å²) in [5.41, 5.74) is 0.609. The van der Waals surface area contributed by atoms with Crippen molar-refractivity contribution in [2.24, 2.45) is 0 Å². The van der Waals surface area contributed by atoms with Crippen molar-refractivity contribution in [2.75, 3.05) is 49.5 Å². The second kappa shape index (κ2) is 10.1. The monoisotopic (exact) mass is 420 g/mol. The maximum atomic E-state index is 13.5. The predicted molar refractivity (Wildman–Crippen MR) is 108 cm³/mol. The van der Waals surface area contributed by atoms with Gasteiger partial charge in [-0.2, -0.15) is 0 Å². The van der Waals surface area contributed by atoms with Gasteiger partial charge < -0.3 is 15.5 Å². The molecule has 0 saturated carbocycles. The van der Waals surface area contributed by atoms with Crippen molar-refractivity contribution >= 4 is 23.2 Å². The van der Waals surface area contributed by atoms with Crippen molar-refractivity contribution in [3.05, 3.63) is 59.9 Å². The Labute approximate surface area is 172 Å². The second-order valence-electron chi connectivity index (χ2n) is 6.99. The third-order valence-corrected chi connectivity index (χ3v) is 4.88. The Bertz CT molecular complexity index is 884. The fourth-order valence-electron chi connectivity index (χ4n) is 3.24. The smallest absolute Gasteiger partial charge is 0.313 e. The van der Waals surface area contributed by atoms with Crippen LogP contribution in [0.3, 0.4) is 0 Å². The molecule has 2 N–H and O–H groups in total. The van der Waals surface area contributed by atoms with Crippen LogP contribution in [0, 0.1) is 17.5 Å². The minimum absolute atomic E-state index is 0.255. The largest absolute Gasteiger partial charge is 0.369 e. The number of hydrogen-bond acceptors (Lipinski definition) is 4. The average Bonchev–Trinajstić information content (AvgIpc) is 2.74. The standard InChI is InChI=1S/C21H23F3N4O2/c22-15-2-5-17(6-3-15)28-12-10-27(11-13-28)9-1-8-25-20(29)21(30)26-19-14-16(23)4-7-18(19)24/h2-7,14H,1,8-13H2,(H,25,29)(H,26,30). The Morgan fingerprint density at radius 1 is 0.867 bits per heavy atom. The summed E-state index contributed by atoms with van der Waals surface area (Å²) in [7, 11) is 0. The number of carbonyl (C=O) groups excluding carboxylic acids is 2. The first-order valence-electron chi connectivity index (χ1n) is 9.69. The second-order valence-corrected chi connectivity index (χ2v) is 6.99. The Kier molecular flexibility index (Phi) is 7.29. The summed E-state index contributed by atoms with van der Waals surface area (Å²) in [6, 6.07) is 9.03. The predicted octanol–water partition coefficient (Wildman–Crippen LogP) is 2.37. The highest BCUT2D eigenvalue weighted by molar-refractivity contribution is 6.39. The van der Waals surface area contributed by atoms with Crippen LogP contribution in [-0.4, -0.2) is 56.0 Å². The van der Waals surface area contributed by atoms with Crippen molar-refractivity contribution in [3.8, 4) is 0 Å². The number of hydrogen-bond donors (Lipinski definition) is 2. The molecule has 0 spiro atoms. The van der Waals surface area contributed by atoms with Crippen LogP contribution in [0.2, 0.25) is 0 Å². The summed E-state index contributed by atoms with van der Waals surface area (Å²) in [5, 5.41) is 4.54. The van der Waals surface area contributed by atoms with Gasteiger partial charge in [-0.25, -0.2) is 13.2 Å². The molecule has 1 aliphatic heterocycles. The van der Waals surface area contributed by atoms with Gasteiger partial charge in [0.1, 0.15) is 17.5 Å². The average molecular weight is 420 g/mol. The number of benzene rings is 2. The normalized spacial score (nSPS) is 14.4. The molecule has 1 fully saturated rings. The van der Waals surface area contributed by atoms with Crippen molar-refractivity contribution in [1.29, 1.82) is 0 Å². The Morgan fingerprint density at radius 2 is 1.53 bits per heavy atom. The fraction of sp³-hybridized carbons (Fsp3) is 0.333. The van der Waals surface area contributed by atoms with Crippen LogP contribution in [0.1, 0.15) is 6.42 Å². The molecule has 6 nitrogen and oxygen atoms in total. The van der Waals surface area contributed by atoms with Crippen LogP contribution in [0.4, 0.5) is 24.5 Å². The highest BCUT2D eigenvalue weighted by Gasteiger charge is 2.18. The minimum atomic E-state index is -1.05. The van der Waals surface area contributed by atoms with Gasteiger partial charge in [-0.1, -0.05) is 0 Å². The highest BCUT2D eigenvalue weighted by Crippen LogP contribution is 2.17. The maximum Gasteiger partial charge on any atom is 0.313 e. The first kappa shape index (κ1) is 21.6. The van der Waals surface area contributed by atoms with Gasteiger partial charge in [-0.05, 0) is 49.4 Å². The zero-order chi connectivity index (χ0) is 21.5. The fourth-order valence-corrected chi connectivity index (χ4v) is 3.24. The van der Waals surface area contributed by atoms with Gasteiger partial charge >= 0.3 is 11.8 Å². The van der Waals surface area contributed by atoms with E-state index in [0.717, 1.165) is 56.6 Å². The molecule has 1 heterocycles. The van der Waals surface area contributed by atoms with Crippen LogP contribution >= 0.6 is 0 Å². The molecule has 0 aliphatic carbocycles. The van der Waals surface area contributed by atoms with Crippen LogP contribution < -0.4 is 15.5 Å². The third kappa shape index (κ3) is 5.96. The van der Waals surface area contributed by atoms with Crippen LogP contribution in [0.15, 0.2) is 42.5 Å². The lowest BCUT2D eigenvalue weighted by Crippen LogP contribution is -2.47. The number of piperazine rings is 1. The summed E-state index contributed by atoms with van der Waals surface area (Å²) < 4.78 is 39.7. The molecule has 0 radical (unpaired) electrons. The van der Waals surface area contributed by atoms with E-state index in [1.807, 2.05) is 0 Å². The molecule has 160 valence electrons. The molecule has 1 saturated heterocycles. The molecule has 30 heavy (non-hydrogen) atoms. The van der Waals surface area contributed by atoms with Gasteiger partial charge in [0.25, 0.3) is 0 Å². The van der Waals surface area contributed by atoms with E-state index in [0.29, 0.717) is 6.42 Å². The van der Waals surface area contributed by atoms with Gasteiger partial charge in [-0.3, -0.25) is 14.5 Å². The minimum Gasteiger partial charge on any atom is -0.369 e. The van der Waals surface area contributed by atoms with E-state index in [1.54, 1.807) is 12.1 Å². The number of carbonyl (C=O) groups is 2. The zero-order valence-electron chi connectivity index (χ0n) is 16.3. The van der Waals surface area contributed by atoms with Crippen molar-refractivity contribution in [1.82, 2.24) is 10.2 Å². The summed E-state index contributed by atoms with van der Waals surface area (Å²) in [4.78, 5) is 28.1. The Hall–Kier alpha value is -3.07. The van der Waals surface area contributed by atoms with Crippen LogP contribution in [0.25, 0.3) is 0 Å². The molecule has 0 aromatic heterocycles. The maximum absolute atomic E-state index is 13.5. The number of rotatable bonds is 6. The summed E-state index contributed by atoms with van der Waals surface area (Å²) in [5.74, 6) is -3.75. The molecule has 2 amide bonds. The Morgan fingerprint density at radius 3 is 2.23 bits per heavy atom. The van der Waals surface area contributed by atoms with Crippen LogP contribution in [-0.2, 0) is 9.59 Å². The topological polar surface area (TPSA) is 64.7 Å². The molecular formula is C21H23F3N4O2. The van der Waals surface area contributed by atoms with E-state index in [1.165, 1.54) is 12.1 Å². The van der Waals surface area contributed by atoms with E-state index in [9.17, 15) is 22.8 Å². The molecule has 1 aliphatic rings. The molecule has 0 unspecified atom stereocenters. The van der Waals surface area contributed by atoms with E-state index in [2.05, 4.69) is 20.4 Å². The third-order valence-electron chi connectivity index (χ3n) is 4.88. The number of anilines is 2. The van der Waals surface area contributed by atoms with E-state index in [-0.39, 0.29) is 18.0 Å². The van der Waals surface area contributed by atoms with Crippen molar-refractivity contribution < 1.29 is 22.8 Å². The molecule has 2 aromatic carbocycles. The lowest BCUT2D eigenvalue weighted by atomic mass is 10.2. The number of amides is 2. The first-order valence-corrected chi connectivity index (χ1v) is 9.69. The number of nitrogens with one attached hydrogen (secondary N) is 2. The first-order chi connectivity index (χ1) is 14.4. The molecule has 0 atom stereocenters. The Balaban J connectivity index is 1.34. The van der Waals surface area contributed by atoms with E-state index >= 15 is 0 Å². The molecule has 0 bridgehead atoms. The molecular weight excluding hydrogens is 397 g/mol. The highest BCUT2D eigenvalue weighted by atomic mass is 19.1. The summed E-state index contributed by atoms with van der Waals surface area (Å²) in [6.07, 6.45) is 0.643. The molecule has 9 heteroatoms. The quantitative estimate of drug-likeness (QED) is 0.556. The molecule has 3 rings (SSSR count). The molecule has 2 aromatic rings. The van der Waals surface area contributed by atoms with Crippen molar-refractivity contribution in [3.63, 3.8) is 0 Å². The van der Waals surface area contributed by atoms with Gasteiger partial charge in [0, 0.05) is 44.5 Å². The van der Waals surface area contributed by atoms with Gasteiger partial charge in [0.05, 0.1) is 5.69 Å². The summed E-state index contributed by atoms with van der Waals surface area (Å²) >= 11 is 0. The van der Waals surface area contributed by atoms with Gasteiger partial charge in [0.15, 0.2) is 0 Å². The summed E-state index contributed by atoms with van der Waals surface area (Å²) in [6.45, 7) is 4.35. The van der Waals surface area contributed by atoms with Gasteiger partial charge in [0.2, 0.25) is 0 Å². The lowest BCUT2D eigenvalue weighted by molar-refractivity contribution is -0.136. The van der Waals surface area contributed by atoms with E-state index < -0.39 is 23.4 Å². The zero-order valence-corrected chi connectivity index (χ0v) is 16.3. The lowest BCUT2D eigenvalue weighted by Gasteiger charge is -2.36. The van der Waals surface area contributed by atoms with E-state index in [4.69, 9.17) is 0 Å².